The summed E-state index contributed by atoms with van der Waals surface area (Å²) >= 11 is 12.7. The summed E-state index contributed by atoms with van der Waals surface area (Å²) in [4.78, 5) is 4.22. The van der Waals surface area contributed by atoms with Crippen LogP contribution in [0, 0.1) is 0 Å². The first kappa shape index (κ1) is 11.9. The molecule has 0 saturated heterocycles. The van der Waals surface area contributed by atoms with Crippen molar-refractivity contribution < 1.29 is 0 Å². The topological polar surface area (TPSA) is 24.9 Å². The molecule has 0 aliphatic carbocycles. The van der Waals surface area contributed by atoms with Gasteiger partial charge in [-0.05, 0) is 62.2 Å². The first-order valence-corrected chi connectivity index (χ1v) is 6.45. The normalized spacial score (nSPS) is 10.2. The maximum atomic E-state index is 5.92. The first-order valence-electron chi connectivity index (χ1n) is 4.49. The second kappa shape index (κ2) is 5.17. The molecule has 1 heterocycles. The molecule has 0 spiro atoms. The van der Waals surface area contributed by atoms with Gasteiger partial charge in [0.25, 0.3) is 0 Å². The van der Waals surface area contributed by atoms with Gasteiger partial charge in [0.2, 0.25) is 0 Å². The number of nitrogens with zero attached hydrogens (tertiary/aromatic N) is 1. The van der Waals surface area contributed by atoms with Gasteiger partial charge in [-0.2, -0.15) is 0 Å². The SMILES string of the molecule is Clc1ccc(Br)c(Nc2ccc(Br)cn2)c1. The predicted octanol–water partition coefficient (Wildman–Crippen LogP) is 5.00. The van der Waals surface area contributed by atoms with Crippen molar-refractivity contribution in [1.29, 1.82) is 0 Å². The molecule has 1 N–H and O–H groups in total. The van der Waals surface area contributed by atoms with Crippen molar-refractivity contribution in [2.75, 3.05) is 5.32 Å². The van der Waals surface area contributed by atoms with Crippen LogP contribution in [0.1, 0.15) is 0 Å². The van der Waals surface area contributed by atoms with E-state index in [4.69, 9.17) is 11.6 Å². The summed E-state index contributed by atoms with van der Waals surface area (Å²) < 4.78 is 1.89. The monoisotopic (exact) mass is 360 g/mol. The smallest absolute Gasteiger partial charge is 0.130 e. The van der Waals surface area contributed by atoms with Gasteiger partial charge in [0.1, 0.15) is 5.82 Å². The van der Waals surface area contributed by atoms with E-state index >= 15 is 0 Å². The van der Waals surface area contributed by atoms with Crippen LogP contribution in [0.5, 0.6) is 0 Å². The number of hydrogen-bond donors (Lipinski definition) is 1. The Morgan fingerprint density at radius 2 is 1.94 bits per heavy atom. The van der Waals surface area contributed by atoms with Crippen molar-refractivity contribution in [3.05, 3.63) is 50.5 Å². The largest absolute Gasteiger partial charge is 0.339 e. The van der Waals surface area contributed by atoms with Gasteiger partial charge in [0.15, 0.2) is 0 Å². The number of rotatable bonds is 2. The second-order valence-corrected chi connectivity index (χ2v) is 5.32. The summed E-state index contributed by atoms with van der Waals surface area (Å²) in [6.07, 6.45) is 1.74. The molecule has 0 unspecified atom stereocenters. The average Bonchev–Trinajstić information content (AvgIpc) is 2.27. The highest BCUT2D eigenvalue weighted by Crippen LogP contribution is 2.28. The Hall–Kier alpha value is -0.580. The lowest BCUT2D eigenvalue weighted by molar-refractivity contribution is 1.29. The molecule has 0 fully saturated rings. The molecule has 2 rings (SSSR count). The molecular weight excluding hydrogens is 355 g/mol. The Labute approximate surface area is 115 Å². The highest BCUT2D eigenvalue weighted by atomic mass is 79.9. The Kier molecular flexibility index (Phi) is 3.84. The molecule has 5 heteroatoms. The van der Waals surface area contributed by atoms with Gasteiger partial charge < -0.3 is 5.32 Å². The summed E-state index contributed by atoms with van der Waals surface area (Å²) in [5.74, 6) is 0.770. The zero-order chi connectivity index (χ0) is 11.5. The summed E-state index contributed by atoms with van der Waals surface area (Å²) in [5.41, 5.74) is 0.891. The van der Waals surface area contributed by atoms with Crippen molar-refractivity contribution in [3.8, 4) is 0 Å². The summed E-state index contributed by atoms with van der Waals surface area (Å²) in [5, 5.41) is 3.86. The molecule has 82 valence electrons. The fourth-order valence-electron chi connectivity index (χ4n) is 1.18. The summed E-state index contributed by atoms with van der Waals surface area (Å²) in [6, 6.07) is 9.37. The van der Waals surface area contributed by atoms with Crippen molar-refractivity contribution >= 4 is 55.0 Å². The Bertz CT molecular complexity index is 500. The van der Waals surface area contributed by atoms with Crippen molar-refractivity contribution in [2.45, 2.75) is 0 Å². The molecule has 0 amide bonds. The number of benzene rings is 1. The molecule has 1 aromatic heterocycles. The van der Waals surface area contributed by atoms with Crippen LogP contribution in [0.3, 0.4) is 0 Å². The van der Waals surface area contributed by atoms with Crippen LogP contribution < -0.4 is 5.32 Å². The van der Waals surface area contributed by atoms with Crippen LogP contribution >= 0.6 is 43.5 Å². The Morgan fingerprint density at radius 3 is 2.62 bits per heavy atom. The van der Waals surface area contributed by atoms with Gasteiger partial charge in [-0.3, -0.25) is 0 Å². The lowest BCUT2D eigenvalue weighted by Gasteiger charge is -2.08. The zero-order valence-corrected chi connectivity index (χ0v) is 12.0. The highest BCUT2D eigenvalue weighted by molar-refractivity contribution is 9.10. The molecule has 0 atom stereocenters. The third kappa shape index (κ3) is 2.97. The molecule has 0 saturated carbocycles. The molecule has 1 aromatic carbocycles. The quantitative estimate of drug-likeness (QED) is 0.813. The highest BCUT2D eigenvalue weighted by Gasteiger charge is 2.02. The Balaban J connectivity index is 2.26. The molecular formula is C11H7Br2ClN2. The maximum absolute atomic E-state index is 5.92. The van der Waals surface area contributed by atoms with Crippen LogP contribution in [0.25, 0.3) is 0 Å². The minimum absolute atomic E-state index is 0.683. The van der Waals surface area contributed by atoms with Crippen LogP contribution in [0.15, 0.2) is 45.5 Å². The molecule has 2 nitrogen and oxygen atoms in total. The van der Waals surface area contributed by atoms with Crippen molar-refractivity contribution in [2.24, 2.45) is 0 Å². The van der Waals surface area contributed by atoms with E-state index in [0.717, 1.165) is 20.5 Å². The van der Waals surface area contributed by atoms with E-state index in [-0.39, 0.29) is 0 Å². The number of pyridine rings is 1. The molecule has 0 radical (unpaired) electrons. The third-order valence-corrected chi connectivity index (χ3v) is 3.31. The molecule has 0 bridgehead atoms. The average molecular weight is 362 g/mol. The van der Waals surface area contributed by atoms with Crippen LogP contribution in [-0.4, -0.2) is 4.98 Å². The van der Waals surface area contributed by atoms with Gasteiger partial charge in [-0.1, -0.05) is 11.6 Å². The third-order valence-electron chi connectivity index (χ3n) is 1.92. The predicted molar refractivity (Wildman–Crippen MR) is 74.4 cm³/mol. The van der Waals surface area contributed by atoms with Gasteiger partial charge in [0, 0.05) is 20.2 Å². The maximum Gasteiger partial charge on any atom is 0.130 e. The van der Waals surface area contributed by atoms with Crippen LogP contribution in [-0.2, 0) is 0 Å². The lowest BCUT2D eigenvalue weighted by Crippen LogP contribution is -1.93. The minimum atomic E-state index is 0.683. The number of nitrogens with one attached hydrogen (secondary N) is 1. The molecule has 0 aliphatic rings. The standard InChI is InChI=1S/C11H7Br2ClN2/c12-7-1-4-11(15-6-7)16-10-5-8(14)2-3-9(10)13/h1-6H,(H,15,16). The van der Waals surface area contributed by atoms with Crippen LogP contribution in [0.4, 0.5) is 11.5 Å². The fraction of sp³-hybridized carbons (Fsp3) is 0. The number of hydrogen-bond acceptors (Lipinski definition) is 2. The van der Waals surface area contributed by atoms with E-state index in [1.807, 2.05) is 30.3 Å². The van der Waals surface area contributed by atoms with Gasteiger partial charge in [0.05, 0.1) is 5.69 Å². The molecule has 2 aromatic rings. The fourth-order valence-corrected chi connectivity index (χ4v) is 1.93. The molecule has 16 heavy (non-hydrogen) atoms. The number of aromatic nitrogens is 1. The zero-order valence-electron chi connectivity index (χ0n) is 8.05. The van der Waals surface area contributed by atoms with E-state index in [9.17, 15) is 0 Å². The minimum Gasteiger partial charge on any atom is -0.339 e. The van der Waals surface area contributed by atoms with E-state index in [1.165, 1.54) is 0 Å². The van der Waals surface area contributed by atoms with E-state index in [2.05, 4.69) is 42.2 Å². The van der Waals surface area contributed by atoms with Gasteiger partial charge >= 0.3 is 0 Å². The second-order valence-electron chi connectivity index (χ2n) is 3.11. The van der Waals surface area contributed by atoms with E-state index in [0.29, 0.717) is 5.02 Å². The van der Waals surface area contributed by atoms with Crippen molar-refractivity contribution in [3.63, 3.8) is 0 Å². The number of anilines is 2. The summed E-state index contributed by atoms with van der Waals surface area (Å²) in [7, 11) is 0. The van der Waals surface area contributed by atoms with Gasteiger partial charge in [-0.15, -0.1) is 0 Å². The summed E-state index contributed by atoms with van der Waals surface area (Å²) in [6.45, 7) is 0. The number of halogens is 3. The molecule has 0 aliphatic heterocycles. The van der Waals surface area contributed by atoms with Gasteiger partial charge in [-0.25, -0.2) is 4.98 Å². The first-order chi connectivity index (χ1) is 7.65. The van der Waals surface area contributed by atoms with E-state index < -0.39 is 0 Å². The van der Waals surface area contributed by atoms with Crippen LogP contribution in [0.2, 0.25) is 5.02 Å². The lowest BCUT2D eigenvalue weighted by atomic mass is 10.3. The Morgan fingerprint density at radius 1 is 1.12 bits per heavy atom. The van der Waals surface area contributed by atoms with Crippen molar-refractivity contribution in [1.82, 2.24) is 4.98 Å². The van der Waals surface area contributed by atoms with E-state index in [1.54, 1.807) is 6.20 Å².